The minimum absolute atomic E-state index is 0.142. The first-order valence-electron chi connectivity index (χ1n) is 8.72. The van der Waals surface area contributed by atoms with Crippen LogP contribution in [0.25, 0.3) is 0 Å². The van der Waals surface area contributed by atoms with Gasteiger partial charge < -0.3 is 15.0 Å². The first-order valence-corrected chi connectivity index (χ1v) is 9.10. The SMILES string of the molecule is O=C(NCc1ccc(N2CCCC2=O)cc1)[C@@H]1Cc2cc(Cl)ccc2O1. The molecular weight excluding hydrogens is 352 g/mol. The number of anilines is 1. The maximum atomic E-state index is 12.4. The maximum absolute atomic E-state index is 12.4. The average molecular weight is 371 g/mol. The van der Waals surface area contributed by atoms with Crippen LogP contribution in [0, 0.1) is 0 Å². The summed E-state index contributed by atoms with van der Waals surface area (Å²) in [6, 6.07) is 13.1. The van der Waals surface area contributed by atoms with Gasteiger partial charge in [-0.3, -0.25) is 9.59 Å². The minimum atomic E-state index is -0.523. The lowest BCUT2D eigenvalue weighted by atomic mass is 10.1. The Bertz CT molecular complexity index is 851. The van der Waals surface area contributed by atoms with Crippen LogP contribution in [0.5, 0.6) is 5.75 Å². The number of ether oxygens (including phenoxy) is 1. The molecule has 0 aliphatic carbocycles. The van der Waals surface area contributed by atoms with E-state index in [0.717, 1.165) is 29.8 Å². The third-order valence-electron chi connectivity index (χ3n) is 4.78. The highest BCUT2D eigenvalue weighted by molar-refractivity contribution is 6.30. The number of carbonyl (C=O) groups excluding carboxylic acids is 2. The molecule has 6 heteroatoms. The molecule has 1 N–H and O–H groups in total. The van der Waals surface area contributed by atoms with Crippen LogP contribution in [0.15, 0.2) is 42.5 Å². The maximum Gasteiger partial charge on any atom is 0.261 e. The molecular formula is C20H19ClN2O3. The molecule has 0 radical (unpaired) electrons. The smallest absolute Gasteiger partial charge is 0.261 e. The Kier molecular flexibility index (Phi) is 4.55. The molecule has 2 aromatic rings. The van der Waals surface area contributed by atoms with Gasteiger partial charge in [0.25, 0.3) is 5.91 Å². The minimum Gasteiger partial charge on any atom is -0.480 e. The Morgan fingerprint density at radius 2 is 2.04 bits per heavy atom. The van der Waals surface area contributed by atoms with Crippen molar-refractivity contribution in [2.24, 2.45) is 0 Å². The first kappa shape index (κ1) is 16.9. The fraction of sp³-hybridized carbons (Fsp3) is 0.300. The predicted molar refractivity (Wildman–Crippen MR) is 99.4 cm³/mol. The van der Waals surface area contributed by atoms with Gasteiger partial charge in [-0.25, -0.2) is 0 Å². The van der Waals surface area contributed by atoms with Gasteiger partial charge in [0.1, 0.15) is 5.75 Å². The van der Waals surface area contributed by atoms with E-state index in [0.29, 0.717) is 30.2 Å². The van der Waals surface area contributed by atoms with Crippen molar-refractivity contribution in [1.82, 2.24) is 5.32 Å². The number of hydrogen-bond acceptors (Lipinski definition) is 3. The summed E-state index contributed by atoms with van der Waals surface area (Å²) in [7, 11) is 0. The van der Waals surface area contributed by atoms with Crippen molar-refractivity contribution in [3.63, 3.8) is 0 Å². The van der Waals surface area contributed by atoms with Crippen LogP contribution < -0.4 is 15.0 Å². The summed E-state index contributed by atoms with van der Waals surface area (Å²) >= 11 is 5.98. The van der Waals surface area contributed by atoms with Gasteiger partial charge in [-0.15, -0.1) is 0 Å². The standard InChI is InChI=1S/C20H19ClN2O3/c21-15-5-8-17-14(10-15)11-18(26-17)20(25)22-12-13-3-6-16(7-4-13)23-9-1-2-19(23)24/h3-8,10,18H,1-2,9,11-12H2,(H,22,25)/t18-/m0/s1. The summed E-state index contributed by atoms with van der Waals surface area (Å²) in [5.41, 5.74) is 2.85. The molecule has 2 amide bonds. The second kappa shape index (κ2) is 7.00. The fourth-order valence-corrected chi connectivity index (χ4v) is 3.58. The van der Waals surface area contributed by atoms with E-state index in [4.69, 9.17) is 16.3 Å². The number of carbonyl (C=O) groups is 2. The zero-order valence-corrected chi connectivity index (χ0v) is 15.0. The molecule has 5 nitrogen and oxygen atoms in total. The van der Waals surface area contributed by atoms with Crippen molar-refractivity contribution in [2.45, 2.75) is 31.9 Å². The first-order chi connectivity index (χ1) is 12.6. The average Bonchev–Trinajstić information content (AvgIpc) is 3.26. The topological polar surface area (TPSA) is 58.6 Å². The van der Waals surface area contributed by atoms with E-state index in [-0.39, 0.29) is 11.8 Å². The van der Waals surface area contributed by atoms with Crippen molar-refractivity contribution in [1.29, 1.82) is 0 Å². The van der Waals surface area contributed by atoms with E-state index >= 15 is 0 Å². The van der Waals surface area contributed by atoms with Gasteiger partial charge in [0.15, 0.2) is 6.10 Å². The van der Waals surface area contributed by atoms with Gasteiger partial charge in [0.05, 0.1) is 0 Å². The van der Waals surface area contributed by atoms with Crippen molar-refractivity contribution in [3.8, 4) is 5.75 Å². The van der Waals surface area contributed by atoms with E-state index < -0.39 is 6.10 Å². The normalized spacial score (nSPS) is 18.6. The number of halogens is 1. The van der Waals surface area contributed by atoms with Gasteiger partial charge in [-0.05, 0) is 47.9 Å². The van der Waals surface area contributed by atoms with Crippen LogP contribution in [-0.2, 0) is 22.6 Å². The Morgan fingerprint density at radius 1 is 1.23 bits per heavy atom. The third-order valence-corrected chi connectivity index (χ3v) is 5.01. The highest BCUT2D eigenvalue weighted by Gasteiger charge is 2.29. The van der Waals surface area contributed by atoms with Gasteiger partial charge in [-0.2, -0.15) is 0 Å². The number of nitrogens with one attached hydrogen (secondary N) is 1. The van der Waals surface area contributed by atoms with E-state index in [9.17, 15) is 9.59 Å². The van der Waals surface area contributed by atoms with E-state index in [2.05, 4.69) is 5.32 Å². The number of hydrogen-bond donors (Lipinski definition) is 1. The lowest BCUT2D eigenvalue weighted by Crippen LogP contribution is -2.37. The fourth-order valence-electron chi connectivity index (χ4n) is 3.38. The molecule has 0 unspecified atom stereocenters. The summed E-state index contributed by atoms with van der Waals surface area (Å²) in [6.45, 7) is 1.20. The molecule has 26 heavy (non-hydrogen) atoms. The van der Waals surface area contributed by atoms with E-state index in [1.54, 1.807) is 17.0 Å². The Labute approximate surface area is 156 Å². The van der Waals surface area contributed by atoms with Crippen LogP contribution in [0.1, 0.15) is 24.0 Å². The highest BCUT2D eigenvalue weighted by Crippen LogP contribution is 2.31. The second-order valence-corrected chi connectivity index (χ2v) is 7.03. The van der Waals surface area contributed by atoms with Crippen LogP contribution in [-0.4, -0.2) is 24.5 Å². The molecule has 1 atom stereocenters. The lowest BCUT2D eigenvalue weighted by molar-refractivity contribution is -0.127. The lowest BCUT2D eigenvalue weighted by Gasteiger charge is -2.16. The van der Waals surface area contributed by atoms with Gasteiger partial charge in [0.2, 0.25) is 5.91 Å². The van der Waals surface area contributed by atoms with Gasteiger partial charge in [0, 0.05) is 36.6 Å². The predicted octanol–water partition coefficient (Wildman–Crippen LogP) is 3.09. The molecule has 4 rings (SSSR count). The Hall–Kier alpha value is -2.53. The number of fused-ring (bicyclic) bond motifs is 1. The zero-order chi connectivity index (χ0) is 18.1. The summed E-state index contributed by atoms with van der Waals surface area (Å²) in [6.07, 6.45) is 1.53. The van der Waals surface area contributed by atoms with Gasteiger partial charge in [-0.1, -0.05) is 23.7 Å². The molecule has 0 spiro atoms. The van der Waals surface area contributed by atoms with Crippen LogP contribution in [0.2, 0.25) is 5.02 Å². The summed E-state index contributed by atoms with van der Waals surface area (Å²) in [5.74, 6) is 0.745. The number of benzene rings is 2. The number of nitrogens with zero attached hydrogens (tertiary/aromatic N) is 1. The largest absolute Gasteiger partial charge is 0.480 e. The van der Waals surface area contributed by atoms with Crippen molar-refractivity contribution < 1.29 is 14.3 Å². The second-order valence-electron chi connectivity index (χ2n) is 6.60. The summed E-state index contributed by atoms with van der Waals surface area (Å²) in [4.78, 5) is 26.0. The number of amides is 2. The van der Waals surface area contributed by atoms with Crippen LogP contribution >= 0.6 is 11.6 Å². The molecule has 0 saturated carbocycles. The monoisotopic (exact) mass is 370 g/mol. The summed E-state index contributed by atoms with van der Waals surface area (Å²) in [5, 5.41) is 3.55. The van der Waals surface area contributed by atoms with Crippen LogP contribution in [0.3, 0.4) is 0 Å². The quantitative estimate of drug-likeness (QED) is 0.899. The van der Waals surface area contributed by atoms with E-state index in [1.807, 2.05) is 30.3 Å². The van der Waals surface area contributed by atoms with Gasteiger partial charge >= 0.3 is 0 Å². The van der Waals surface area contributed by atoms with E-state index in [1.165, 1.54) is 0 Å². The molecule has 134 valence electrons. The molecule has 1 saturated heterocycles. The number of rotatable bonds is 4. The zero-order valence-electron chi connectivity index (χ0n) is 14.2. The third kappa shape index (κ3) is 3.40. The molecule has 2 aliphatic heterocycles. The molecule has 2 aromatic carbocycles. The molecule has 0 aromatic heterocycles. The molecule has 0 bridgehead atoms. The highest BCUT2D eigenvalue weighted by atomic mass is 35.5. The summed E-state index contributed by atoms with van der Waals surface area (Å²) < 4.78 is 5.70. The van der Waals surface area contributed by atoms with Crippen molar-refractivity contribution >= 4 is 29.1 Å². The van der Waals surface area contributed by atoms with Crippen LogP contribution in [0.4, 0.5) is 5.69 Å². The Morgan fingerprint density at radius 3 is 2.77 bits per heavy atom. The molecule has 2 aliphatic rings. The Balaban J connectivity index is 1.33. The molecule has 2 heterocycles. The molecule has 1 fully saturated rings. The van der Waals surface area contributed by atoms with Crippen molar-refractivity contribution in [2.75, 3.05) is 11.4 Å². The van der Waals surface area contributed by atoms with Crippen molar-refractivity contribution in [3.05, 3.63) is 58.6 Å².